The van der Waals surface area contributed by atoms with E-state index in [1.54, 1.807) is 0 Å². The van der Waals surface area contributed by atoms with Crippen molar-refractivity contribution in [2.45, 2.75) is 0 Å². The third-order valence-electron chi connectivity index (χ3n) is 3.45. The molecule has 114 valence electrons. The Labute approximate surface area is 128 Å². The van der Waals surface area contributed by atoms with E-state index in [-0.39, 0.29) is 28.1 Å². The minimum atomic E-state index is -1.54. The van der Waals surface area contributed by atoms with Crippen LogP contribution in [0.4, 0.5) is 11.4 Å². The number of aromatic carboxylic acids is 1. The molecule has 1 aliphatic heterocycles. The first-order valence-electron chi connectivity index (χ1n) is 6.39. The molecule has 0 saturated carbocycles. The summed E-state index contributed by atoms with van der Waals surface area (Å²) < 4.78 is 0. The predicted octanol–water partition coefficient (Wildman–Crippen LogP) is 0.759. The van der Waals surface area contributed by atoms with E-state index in [4.69, 9.17) is 0 Å². The van der Waals surface area contributed by atoms with Crippen molar-refractivity contribution in [3.63, 3.8) is 0 Å². The van der Waals surface area contributed by atoms with Crippen molar-refractivity contribution < 1.29 is 24.4 Å². The molecule has 2 aromatic carbocycles. The first-order chi connectivity index (χ1) is 10.9. The van der Waals surface area contributed by atoms with E-state index >= 15 is 0 Å². The van der Waals surface area contributed by atoms with Gasteiger partial charge in [-0.2, -0.15) is 0 Å². The number of hydrogen-bond acceptors (Lipinski definition) is 6. The minimum absolute atomic E-state index is 0.0197. The van der Waals surface area contributed by atoms with Gasteiger partial charge in [-0.15, -0.1) is 0 Å². The smallest absolute Gasteiger partial charge is 0.270 e. The number of benzene rings is 2. The molecule has 8 heteroatoms. The quantitative estimate of drug-likeness (QED) is 0.468. The molecule has 0 saturated heterocycles. The summed E-state index contributed by atoms with van der Waals surface area (Å²) >= 11 is 0. The molecule has 3 rings (SSSR count). The van der Waals surface area contributed by atoms with E-state index in [2.05, 4.69) is 0 Å². The van der Waals surface area contributed by atoms with Crippen LogP contribution in [-0.4, -0.2) is 22.7 Å². The number of amides is 2. The molecule has 23 heavy (non-hydrogen) atoms. The lowest BCUT2D eigenvalue weighted by molar-refractivity contribution is -0.384. The van der Waals surface area contributed by atoms with Crippen molar-refractivity contribution in [1.29, 1.82) is 0 Å². The molecule has 0 radical (unpaired) electrons. The van der Waals surface area contributed by atoms with Gasteiger partial charge in [-0.05, 0) is 12.1 Å². The number of fused-ring (bicyclic) bond motifs is 1. The van der Waals surface area contributed by atoms with Crippen LogP contribution in [0.1, 0.15) is 31.1 Å². The van der Waals surface area contributed by atoms with Crippen LogP contribution in [0.2, 0.25) is 0 Å². The number of non-ortho nitro benzene ring substituents is 1. The van der Waals surface area contributed by atoms with Crippen molar-refractivity contribution in [2.75, 3.05) is 4.90 Å². The second kappa shape index (κ2) is 5.02. The molecule has 0 spiro atoms. The number of carbonyl (C=O) groups is 3. The van der Waals surface area contributed by atoms with Crippen LogP contribution in [0.3, 0.4) is 0 Å². The summed E-state index contributed by atoms with van der Waals surface area (Å²) in [7, 11) is 0. The lowest BCUT2D eigenvalue weighted by atomic mass is 10.1. The molecule has 0 atom stereocenters. The van der Waals surface area contributed by atoms with Crippen LogP contribution in [0.5, 0.6) is 0 Å². The van der Waals surface area contributed by atoms with Gasteiger partial charge >= 0.3 is 0 Å². The number of nitro benzene ring substituents is 1. The van der Waals surface area contributed by atoms with Crippen molar-refractivity contribution >= 4 is 29.2 Å². The zero-order valence-corrected chi connectivity index (χ0v) is 11.4. The number of nitrogens with zero attached hydrogens (tertiary/aromatic N) is 2. The summed E-state index contributed by atoms with van der Waals surface area (Å²) in [6.45, 7) is 0. The van der Waals surface area contributed by atoms with E-state index in [1.165, 1.54) is 30.3 Å². The number of carbonyl (C=O) groups excluding carboxylic acids is 3. The highest BCUT2D eigenvalue weighted by molar-refractivity contribution is 6.35. The number of anilines is 1. The highest BCUT2D eigenvalue weighted by Crippen LogP contribution is 2.32. The fourth-order valence-corrected chi connectivity index (χ4v) is 2.40. The second-order valence-corrected chi connectivity index (χ2v) is 4.74. The van der Waals surface area contributed by atoms with Gasteiger partial charge in [0.15, 0.2) is 0 Å². The fourth-order valence-electron chi connectivity index (χ4n) is 2.40. The SMILES string of the molecule is O=C([O-])c1ccccc1N1C(=O)c2ccc([N+](=O)[O-])cc2C1=O. The van der Waals surface area contributed by atoms with Gasteiger partial charge < -0.3 is 9.90 Å². The lowest BCUT2D eigenvalue weighted by Gasteiger charge is -2.18. The largest absolute Gasteiger partial charge is 0.545 e. The van der Waals surface area contributed by atoms with Gasteiger partial charge in [-0.1, -0.05) is 18.2 Å². The van der Waals surface area contributed by atoms with Crippen molar-refractivity contribution in [2.24, 2.45) is 0 Å². The molecule has 1 aliphatic rings. The summed E-state index contributed by atoms with van der Waals surface area (Å²) in [6.07, 6.45) is 0. The van der Waals surface area contributed by atoms with Crippen molar-refractivity contribution in [3.05, 3.63) is 69.3 Å². The molecule has 0 unspecified atom stereocenters. The van der Waals surface area contributed by atoms with Crippen LogP contribution in [0.25, 0.3) is 0 Å². The lowest BCUT2D eigenvalue weighted by Crippen LogP contribution is -2.33. The maximum atomic E-state index is 12.4. The zero-order valence-electron chi connectivity index (χ0n) is 11.4. The van der Waals surface area contributed by atoms with Gasteiger partial charge in [0.1, 0.15) is 0 Å². The summed E-state index contributed by atoms with van der Waals surface area (Å²) in [6, 6.07) is 8.67. The summed E-state index contributed by atoms with van der Waals surface area (Å²) in [5.74, 6) is -3.10. The summed E-state index contributed by atoms with van der Waals surface area (Å²) in [5, 5.41) is 22.0. The average molecular weight is 311 g/mol. The molecule has 0 aliphatic carbocycles. The van der Waals surface area contributed by atoms with E-state index in [9.17, 15) is 29.6 Å². The molecular weight excluding hydrogens is 304 g/mol. The topological polar surface area (TPSA) is 121 Å². The van der Waals surface area contributed by atoms with Crippen LogP contribution >= 0.6 is 0 Å². The van der Waals surface area contributed by atoms with Crippen molar-refractivity contribution in [1.82, 2.24) is 0 Å². The number of carboxylic acids is 1. The zero-order chi connectivity index (χ0) is 16.7. The fraction of sp³-hybridized carbons (Fsp3) is 0. The van der Waals surface area contributed by atoms with Gasteiger partial charge in [-0.25, -0.2) is 4.90 Å². The Morgan fingerprint density at radius 3 is 2.30 bits per heavy atom. The Balaban J connectivity index is 2.15. The molecule has 0 N–H and O–H groups in total. The number of hydrogen-bond donors (Lipinski definition) is 0. The number of para-hydroxylation sites is 1. The molecule has 0 aromatic heterocycles. The summed E-state index contributed by atoms with van der Waals surface area (Å²) in [4.78, 5) is 46.8. The third-order valence-corrected chi connectivity index (χ3v) is 3.45. The maximum absolute atomic E-state index is 12.4. The first-order valence-corrected chi connectivity index (χ1v) is 6.39. The van der Waals surface area contributed by atoms with Gasteiger partial charge in [0.25, 0.3) is 17.5 Å². The van der Waals surface area contributed by atoms with Crippen molar-refractivity contribution in [3.8, 4) is 0 Å². The van der Waals surface area contributed by atoms with E-state index in [0.717, 1.165) is 12.1 Å². The molecule has 0 bridgehead atoms. The number of rotatable bonds is 3. The Hall–Kier alpha value is -3.55. The van der Waals surface area contributed by atoms with Gasteiger partial charge in [0.05, 0.1) is 27.7 Å². The van der Waals surface area contributed by atoms with Gasteiger partial charge in [-0.3, -0.25) is 19.7 Å². The monoisotopic (exact) mass is 311 g/mol. The molecule has 8 nitrogen and oxygen atoms in total. The Morgan fingerprint density at radius 2 is 1.65 bits per heavy atom. The van der Waals surface area contributed by atoms with Gasteiger partial charge in [0, 0.05) is 17.7 Å². The second-order valence-electron chi connectivity index (χ2n) is 4.74. The standard InChI is InChI=1S/C15H8N2O6/c18-13-9-6-5-8(17(22)23)7-11(9)14(19)16(13)12-4-2-1-3-10(12)15(20)21/h1-7H,(H,20,21)/p-1. The Bertz CT molecular complexity index is 889. The predicted molar refractivity (Wildman–Crippen MR) is 75.0 cm³/mol. The first kappa shape index (κ1) is 14.4. The van der Waals surface area contributed by atoms with Gasteiger partial charge in [0.2, 0.25) is 0 Å². The number of carboxylic acid groups (broad SMARTS) is 1. The van der Waals surface area contributed by atoms with E-state index in [1.807, 2.05) is 0 Å². The van der Waals surface area contributed by atoms with Crippen LogP contribution < -0.4 is 10.0 Å². The maximum Gasteiger partial charge on any atom is 0.270 e. The Kier molecular flexibility index (Phi) is 3.14. The highest BCUT2D eigenvalue weighted by Gasteiger charge is 2.38. The molecule has 0 fully saturated rings. The molecule has 2 amide bonds. The van der Waals surface area contributed by atoms with Crippen LogP contribution in [0.15, 0.2) is 42.5 Å². The van der Waals surface area contributed by atoms with E-state index < -0.39 is 22.7 Å². The Morgan fingerprint density at radius 1 is 1.00 bits per heavy atom. The molecule has 1 heterocycles. The third kappa shape index (κ3) is 2.13. The van der Waals surface area contributed by atoms with Crippen LogP contribution in [0, 0.1) is 10.1 Å². The average Bonchev–Trinajstić information content (AvgIpc) is 2.78. The summed E-state index contributed by atoms with van der Waals surface area (Å²) in [5.41, 5.74) is -0.955. The molecule has 2 aromatic rings. The minimum Gasteiger partial charge on any atom is -0.545 e. The normalized spacial score (nSPS) is 13.1. The number of nitro groups is 1. The van der Waals surface area contributed by atoms with Crippen LogP contribution in [-0.2, 0) is 0 Å². The molecular formula is C15H7N2O6-. The van der Waals surface area contributed by atoms with E-state index in [0.29, 0.717) is 4.90 Å². The highest BCUT2D eigenvalue weighted by atomic mass is 16.6. The number of imide groups is 1.